The highest BCUT2D eigenvalue weighted by Gasteiger charge is 2.26. The third-order valence-electron chi connectivity index (χ3n) is 3.89. The molecule has 4 heteroatoms. The number of likely N-dealkylation sites (N-methyl/N-ethyl adjacent to an activating group) is 1. The van der Waals surface area contributed by atoms with Gasteiger partial charge in [-0.2, -0.15) is 0 Å². The Balaban J connectivity index is 2.05. The highest BCUT2D eigenvalue weighted by molar-refractivity contribution is 5.26. The third-order valence-corrected chi connectivity index (χ3v) is 3.89. The number of methoxy groups -OCH3 is 1. The van der Waals surface area contributed by atoms with E-state index in [2.05, 4.69) is 16.9 Å². The summed E-state index contributed by atoms with van der Waals surface area (Å²) in [6.07, 6.45) is 4.13. The second-order valence-corrected chi connectivity index (χ2v) is 5.47. The molecule has 1 saturated carbocycles. The van der Waals surface area contributed by atoms with Crippen molar-refractivity contribution in [2.24, 2.45) is 0 Å². The molecule has 1 aromatic rings. The van der Waals surface area contributed by atoms with Gasteiger partial charge in [-0.25, -0.2) is 0 Å². The van der Waals surface area contributed by atoms with Crippen LogP contribution in [0.15, 0.2) is 12.1 Å². The fourth-order valence-electron chi connectivity index (χ4n) is 2.88. The summed E-state index contributed by atoms with van der Waals surface area (Å²) in [5.74, 6) is 0.847. The lowest BCUT2D eigenvalue weighted by Crippen LogP contribution is -2.43. The van der Waals surface area contributed by atoms with Crippen molar-refractivity contribution in [3.63, 3.8) is 0 Å². The standard InChI is InChI=1S/C15H24N2O2/c1-11-8-13(19-3)9-12(16-11)10-17(2)14-6-4-5-7-15(14)18/h8-9,14-15,18H,4-7,10H2,1-3H3. The van der Waals surface area contributed by atoms with Gasteiger partial charge in [0.2, 0.25) is 0 Å². The van der Waals surface area contributed by atoms with Gasteiger partial charge in [0.25, 0.3) is 0 Å². The summed E-state index contributed by atoms with van der Waals surface area (Å²) < 4.78 is 5.28. The lowest BCUT2D eigenvalue weighted by molar-refractivity contribution is 0.0283. The highest BCUT2D eigenvalue weighted by atomic mass is 16.5. The molecule has 1 aliphatic rings. The van der Waals surface area contributed by atoms with Crippen LogP contribution in [0.4, 0.5) is 0 Å². The van der Waals surface area contributed by atoms with Gasteiger partial charge in [0.05, 0.1) is 18.9 Å². The maximum absolute atomic E-state index is 10.1. The van der Waals surface area contributed by atoms with E-state index in [1.54, 1.807) is 7.11 Å². The minimum absolute atomic E-state index is 0.203. The lowest BCUT2D eigenvalue weighted by atomic mass is 9.91. The van der Waals surface area contributed by atoms with E-state index in [1.807, 2.05) is 19.1 Å². The quantitative estimate of drug-likeness (QED) is 0.905. The zero-order chi connectivity index (χ0) is 13.8. The summed E-state index contributed by atoms with van der Waals surface area (Å²) in [7, 11) is 3.74. The molecule has 0 amide bonds. The molecule has 0 bridgehead atoms. The summed E-state index contributed by atoms with van der Waals surface area (Å²) in [4.78, 5) is 6.75. The van der Waals surface area contributed by atoms with Gasteiger partial charge >= 0.3 is 0 Å². The Kier molecular flexibility index (Phi) is 4.77. The Bertz CT molecular complexity index is 423. The molecular weight excluding hydrogens is 240 g/mol. The summed E-state index contributed by atoms with van der Waals surface area (Å²) in [6.45, 7) is 2.72. The minimum atomic E-state index is -0.203. The first-order valence-corrected chi connectivity index (χ1v) is 7.00. The first-order valence-electron chi connectivity index (χ1n) is 7.00. The van der Waals surface area contributed by atoms with Gasteiger partial charge in [-0.3, -0.25) is 9.88 Å². The first-order chi connectivity index (χ1) is 9.10. The molecule has 0 saturated heterocycles. The minimum Gasteiger partial charge on any atom is -0.497 e. The highest BCUT2D eigenvalue weighted by Crippen LogP contribution is 2.24. The van der Waals surface area contributed by atoms with Gasteiger partial charge in [-0.1, -0.05) is 12.8 Å². The SMILES string of the molecule is COc1cc(C)nc(CN(C)C2CCCCC2O)c1. The number of aryl methyl sites for hydroxylation is 1. The van der Waals surface area contributed by atoms with E-state index in [0.717, 1.165) is 42.9 Å². The summed E-state index contributed by atoms with van der Waals surface area (Å²) in [6, 6.07) is 4.15. The molecule has 0 aliphatic heterocycles. The molecule has 19 heavy (non-hydrogen) atoms. The van der Waals surface area contributed by atoms with Gasteiger partial charge in [0.15, 0.2) is 0 Å². The number of pyridine rings is 1. The van der Waals surface area contributed by atoms with Gasteiger partial charge < -0.3 is 9.84 Å². The van der Waals surface area contributed by atoms with E-state index in [0.29, 0.717) is 0 Å². The molecule has 1 N–H and O–H groups in total. The Morgan fingerprint density at radius 2 is 2.11 bits per heavy atom. The van der Waals surface area contributed by atoms with E-state index in [4.69, 9.17) is 4.74 Å². The smallest absolute Gasteiger partial charge is 0.122 e. The number of rotatable bonds is 4. The fourth-order valence-corrected chi connectivity index (χ4v) is 2.88. The molecule has 2 rings (SSSR count). The fraction of sp³-hybridized carbons (Fsp3) is 0.667. The van der Waals surface area contributed by atoms with E-state index in [1.165, 1.54) is 6.42 Å². The molecule has 1 aliphatic carbocycles. The van der Waals surface area contributed by atoms with Crippen molar-refractivity contribution in [3.05, 3.63) is 23.5 Å². The van der Waals surface area contributed by atoms with Crippen LogP contribution in [0.25, 0.3) is 0 Å². The molecule has 0 aromatic carbocycles. The summed E-state index contributed by atoms with van der Waals surface area (Å²) >= 11 is 0. The number of hydrogen-bond donors (Lipinski definition) is 1. The normalized spacial score (nSPS) is 23.6. The van der Waals surface area contributed by atoms with Crippen molar-refractivity contribution in [1.82, 2.24) is 9.88 Å². The van der Waals surface area contributed by atoms with Crippen LogP contribution in [0.1, 0.15) is 37.1 Å². The van der Waals surface area contributed by atoms with Crippen LogP contribution in [-0.4, -0.2) is 41.3 Å². The van der Waals surface area contributed by atoms with E-state index >= 15 is 0 Å². The maximum Gasteiger partial charge on any atom is 0.122 e. The van der Waals surface area contributed by atoms with Gasteiger partial charge in [0, 0.05) is 30.4 Å². The number of hydrogen-bond acceptors (Lipinski definition) is 4. The molecule has 2 atom stereocenters. The molecule has 4 nitrogen and oxygen atoms in total. The molecule has 0 spiro atoms. The Hall–Kier alpha value is -1.13. The van der Waals surface area contributed by atoms with Crippen LogP contribution in [0.3, 0.4) is 0 Å². The van der Waals surface area contributed by atoms with Crippen LogP contribution < -0.4 is 4.74 Å². The molecule has 1 aromatic heterocycles. The molecular formula is C15H24N2O2. The lowest BCUT2D eigenvalue weighted by Gasteiger charge is -2.35. The van der Waals surface area contributed by atoms with E-state index < -0.39 is 0 Å². The molecule has 0 radical (unpaired) electrons. The average molecular weight is 264 g/mol. The summed E-state index contributed by atoms with van der Waals surface area (Å²) in [5, 5.41) is 10.1. The topological polar surface area (TPSA) is 45.6 Å². The maximum atomic E-state index is 10.1. The zero-order valence-electron chi connectivity index (χ0n) is 12.1. The van der Waals surface area contributed by atoms with Crippen molar-refractivity contribution >= 4 is 0 Å². The Labute approximate surface area is 115 Å². The number of aliphatic hydroxyl groups excluding tert-OH is 1. The van der Waals surface area contributed by atoms with Gasteiger partial charge in [0.1, 0.15) is 5.75 Å². The predicted octanol–water partition coefficient (Wildman–Crippen LogP) is 2.13. The van der Waals surface area contributed by atoms with Crippen molar-refractivity contribution in [1.29, 1.82) is 0 Å². The number of aromatic nitrogens is 1. The number of nitrogens with zero attached hydrogens (tertiary/aromatic N) is 2. The molecule has 1 heterocycles. The van der Waals surface area contributed by atoms with Crippen molar-refractivity contribution < 1.29 is 9.84 Å². The first kappa shape index (κ1) is 14.3. The van der Waals surface area contributed by atoms with Crippen molar-refractivity contribution in [2.45, 2.75) is 51.3 Å². The largest absolute Gasteiger partial charge is 0.497 e. The molecule has 2 unspecified atom stereocenters. The van der Waals surface area contributed by atoms with Crippen LogP contribution in [0.2, 0.25) is 0 Å². The van der Waals surface area contributed by atoms with Crippen LogP contribution >= 0.6 is 0 Å². The van der Waals surface area contributed by atoms with E-state index in [-0.39, 0.29) is 12.1 Å². The van der Waals surface area contributed by atoms with Crippen LogP contribution in [0.5, 0.6) is 5.75 Å². The zero-order valence-corrected chi connectivity index (χ0v) is 12.1. The Morgan fingerprint density at radius 1 is 1.37 bits per heavy atom. The number of aliphatic hydroxyl groups is 1. The van der Waals surface area contributed by atoms with Crippen molar-refractivity contribution in [3.8, 4) is 5.75 Å². The summed E-state index contributed by atoms with van der Waals surface area (Å²) in [5.41, 5.74) is 1.96. The van der Waals surface area contributed by atoms with E-state index in [9.17, 15) is 5.11 Å². The second kappa shape index (κ2) is 6.35. The third kappa shape index (κ3) is 3.67. The molecule has 1 fully saturated rings. The Morgan fingerprint density at radius 3 is 2.79 bits per heavy atom. The van der Waals surface area contributed by atoms with Crippen molar-refractivity contribution in [2.75, 3.05) is 14.2 Å². The van der Waals surface area contributed by atoms with Crippen LogP contribution in [-0.2, 0) is 6.54 Å². The van der Waals surface area contributed by atoms with Gasteiger partial charge in [-0.05, 0) is 26.8 Å². The van der Waals surface area contributed by atoms with Crippen LogP contribution in [0, 0.1) is 6.92 Å². The number of ether oxygens (including phenoxy) is 1. The molecule has 106 valence electrons. The second-order valence-electron chi connectivity index (χ2n) is 5.47. The van der Waals surface area contributed by atoms with Gasteiger partial charge in [-0.15, -0.1) is 0 Å². The monoisotopic (exact) mass is 264 g/mol. The predicted molar refractivity (Wildman–Crippen MR) is 75.3 cm³/mol. The average Bonchev–Trinajstić information content (AvgIpc) is 2.38.